The highest BCUT2D eigenvalue weighted by molar-refractivity contribution is 8.14. The fraction of sp³-hybridized carbons (Fsp3) is 0.200. The molecule has 1 aliphatic rings. The van der Waals surface area contributed by atoms with Crippen molar-refractivity contribution in [2.45, 2.75) is 12.2 Å². The Morgan fingerprint density at radius 1 is 1.56 bits per heavy atom. The summed E-state index contributed by atoms with van der Waals surface area (Å²) in [6.07, 6.45) is 0. The van der Waals surface area contributed by atoms with E-state index in [1.807, 2.05) is 13.0 Å². The Labute approximate surface area is 102 Å². The van der Waals surface area contributed by atoms with Crippen molar-refractivity contribution in [3.63, 3.8) is 0 Å². The van der Waals surface area contributed by atoms with E-state index in [2.05, 4.69) is 10.5 Å². The number of carbonyl (C=O) groups is 1. The van der Waals surface area contributed by atoms with Gasteiger partial charge in [0, 0.05) is 5.56 Å². The largest absolute Gasteiger partial charge is 0.398 e. The number of nitrogens with zero attached hydrogens (tertiary/aromatic N) is 1. The van der Waals surface area contributed by atoms with Crippen LogP contribution in [0.1, 0.15) is 12.5 Å². The monoisotopic (exact) mass is 255 g/mol. The van der Waals surface area contributed by atoms with Gasteiger partial charge in [-0.1, -0.05) is 29.4 Å². The fourth-order valence-corrected chi connectivity index (χ4v) is 2.28. The van der Waals surface area contributed by atoms with E-state index in [0.29, 0.717) is 10.7 Å². The maximum absolute atomic E-state index is 11.1. The summed E-state index contributed by atoms with van der Waals surface area (Å²) < 4.78 is 0. The van der Waals surface area contributed by atoms with Gasteiger partial charge in [0.1, 0.15) is 0 Å². The molecule has 0 radical (unpaired) electrons. The van der Waals surface area contributed by atoms with E-state index >= 15 is 0 Å². The summed E-state index contributed by atoms with van der Waals surface area (Å²) in [4.78, 5) is 11.1. The number of nitrogens with one attached hydrogen (secondary N) is 1. The van der Waals surface area contributed by atoms with Crippen LogP contribution in [0.3, 0.4) is 0 Å². The Hall–Kier alpha value is -1.20. The highest BCUT2D eigenvalue weighted by Crippen LogP contribution is 2.25. The predicted molar refractivity (Wildman–Crippen MR) is 68.0 cm³/mol. The summed E-state index contributed by atoms with van der Waals surface area (Å²) in [7, 11) is 0. The van der Waals surface area contributed by atoms with Gasteiger partial charge in [-0.25, -0.2) is 5.43 Å². The fourth-order valence-electron chi connectivity index (χ4n) is 1.44. The molecule has 0 saturated heterocycles. The van der Waals surface area contributed by atoms with Crippen molar-refractivity contribution in [2.24, 2.45) is 5.10 Å². The molecule has 1 amide bonds. The summed E-state index contributed by atoms with van der Waals surface area (Å²) in [5.74, 6) is 0. The molecular weight excluding hydrogens is 246 g/mol. The number of anilines is 1. The van der Waals surface area contributed by atoms with Crippen molar-refractivity contribution in [3.8, 4) is 0 Å². The van der Waals surface area contributed by atoms with E-state index in [1.54, 1.807) is 12.1 Å². The van der Waals surface area contributed by atoms with Crippen molar-refractivity contribution in [3.05, 3.63) is 28.8 Å². The van der Waals surface area contributed by atoms with Gasteiger partial charge in [0.05, 0.1) is 21.7 Å². The lowest BCUT2D eigenvalue weighted by molar-refractivity contribution is 0.261. The predicted octanol–water partition coefficient (Wildman–Crippen LogP) is 2.47. The molecule has 4 nitrogen and oxygen atoms in total. The molecule has 84 valence electrons. The number of hydrogen-bond donors (Lipinski definition) is 2. The first kappa shape index (κ1) is 11.3. The minimum Gasteiger partial charge on any atom is -0.398 e. The molecule has 3 N–H and O–H groups in total. The highest BCUT2D eigenvalue weighted by atomic mass is 35.5. The molecule has 0 fully saturated rings. The molecule has 1 atom stereocenters. The molecule has 16 heavy (non-hydrogen) atoms. The van der Waals surface area contributed by atoms with E-state index < -0.39 is 0 Å². The lowest BCUT2D eigenvalue weighted by Gasteiger charge is -2.18. The molecule has 0 aliphatic carbocycles. The summed E-state index contributed by atoms with van der Waals surface area (Å²) in [6.45, 7) is 1.92. The summed E-state index contributed by atoms with van der Waals surface area (Å²) in [5, 5.41) is 4.42. The Morgan fingerprint density at radius 2 is 2.31 bits per heavy atom. The first-order valence-electron chi connectivity index (χ1n) is 4.67. The molecule has 1 heterocycles. The van der Waals surface area contributed by atoms with E-state index in [0.717, 1.165) is 11.3 Å². The van der Waals surface area contributed by atoms with Gasteiger partial charge in [0.15, 0.2) is 0 Å². The zero-order valence-electron chi connectivity index (χ0n) is 8.53. The number of carbonyl (C=O) groups excluding carboxylic acids is 1. The minimum absolute atomic E-state index is 0.00863. The van der Waals surface area contributed by atoms with Crippen LogP contribution >= 0.6 is 23.4 Å². The molecule has 1 unspecified atom stereocenters. The van der Waals surface area contributed by atoms with Crippen LogP contribution < -0.4 is 11.2 Å². The van der Waals surface area contributed by atoms with Gasteiger partial charge in [-0.05, 0) is 19.1 Å². The number of halogens is 1. The van der Waals surface area contributed by atoms with Crippen LogP contribution in [0.4, 0.5) is 10.5 Å². The average Bonchev–Trinajstić information content (AvgIpc) is 2.22. The van der Waals surface area contributed by atoms with Crippen LogP contribution in [-0.2, 0) is 0 Å². The Bertz CT molecular complexity index is 475. The zero-order chi connectivity index (χ0) is 11.7. The second-order valence-electron chi connectivity index (χ2n) is 3.39. The van der Waals surface area contributed by atoms with Gasteiger partial charge in [0.2, 0.25) is 0 Å². The van der Waals surface area contributed by atoms with E-state index in [4.69, 9.17) is 17.3 Å². The lowest BCUT2D eigenvalue weighted by atomic mass is 10.1. The van der Waals surface area contributed by atoms with Crippen LogP contribution in [0.25, 0.3) is 0 Å². The molecule has 1 aromatic carbocycles. The Balaban J connectivity index is 2.37. The van der Waals surface area contributed by atoms with Gasteiger partial charge < -0.3 is 5.73 Å². The normalized spacial score (nSPS) is 20.2. The number of hydrogen-bond acceptors (Lipinski definition) is 4. The molecule has 1 aromatic rings. The van der Waals surface area contributed by atoms with Gasteiger partial charge in [-0.2, -0.15) is 5.10 Å². The zero-order valence-corrected chi connectivity index (χ0v) is 10.1. The van der Waals surface area contributed by atoms with Crippen LogP contribution in [0.2, 0.25) is 5.02 Å². The number of hydrazone groups is 1. The van der Waals surface area contributed by atoms with Crippen molar-refractivity contribution in [1.82, 2.24) is 5.43 Å². The SMILES string of the molecule is CC1SC(=O)NN=C1c1ccc(Cl)c(N)c1. The third-order valence-electron chi connectivity index (χ3n) is 2.23. The molecule has 6 heteroatoms. The van der Waals surface area contributed by atoms with E-state index in [9.17, 15) is 4.79 Å². The van der Waals surface area contributed by atoms with Crippen molar-refractivity contribution in [2.75, 3.05) is 5.73 Å². The number of nitrogen functional groups attached to an aromatic ring is 1. The molecule has 0 saturated carbocycles. The van der Waals surface area contributed by atoms with E-state index in [1.165, 1.54) is 11.8 Å². The molecular formula is C10H10ClN3OS. The van der Waals surface area contributed by atoms with Gasteiger partial charge >= 0.3 is 0 Å². The van der Waals surface area contributed by atoms with Crippen molar-refractivity contribution >= 4 is 40.0 Å². The lowest BCUT2D eigenvalue weighted by Crippen LogP contribution is -2.29. The smallest absolute Gasteiger partial charge is 0.299 e. The summed E-state index contributed by atoms with van der Waals surface area (Å²) >= 11 is 7.04. The maximum Gasteiger partial charge on any atom is 0.299 e. The standard InChI is InChI=1S/C10H10ClN3OS/c1-5-9(13-14-10(15)16-5)6-2-3-7(11)8(12)4-6/h2-5H,12H2,1H3,(H,14,15). The maximum atomic E-state index is 11.1. The van der Waals surface area contributed by atoms with Crippen LogP contribution in [0, 0.1) is 0 Å². The summed E-state index contributed by atoms with van der Waals surface area (Å²) in [6, 6.07) is 5.32. The molecule has 0 spiro atoms. The Morgan fingerprint density at radius 3 is 2.94 bits per heavy atom. The minimum atomic E-state index is -0.141. The quantitative estimate of drug-likeness (QED) is 0.758. The third kappa shape index (κ3) is 2.15. The van der Waals surface area contributed by atoms with Crippen molar-refractivity contribution in [1.29, 1.82) is 0 Å². The van der Waals surface area contributed by atoms with Crippen LogP contribution in [-0.4, -0.2) is 16.2 Å². The highest BCUT2D eigenvalue weighted by Gasteiger charge is 2.22. The molecule has 0 aromatic heterocycles. The first-order chi connectivity index (χ1) is 7.58. The van der Waals surface area contributed by atoms with Gasteiger partial charge in [-0.15, -0.1) is 0 Å². The topological polar surface area (TPSA) is 67.5 Å². The van der Waals surface area contributed by atoms with E-state index in [-0.39, 0.29) is 10.5 Å². The van der Waals surface area contributed by atoms with Gasteiger partial charge in [-0.3, -0.25) is 4.79 Å². The third-order valence-corrected chi connectivity index (χ3v) is 3.45. The van der Waals surface area contributed by atoms with Crippen LogP contribution in [0.5, 0.6) is 0 Å². The number of nitrogens with two attached hydrogens (primary N) is 1. The van der Waals surface area contributed by atoms with Crippen LogP contribution in [0.15, 0.2) is 23.3 Å². The number of thioether (sulfide) groups is 1. The Kier molecular flexibility index (Phi) is 3.07. The molecule has 2 rings (SSSR count). The van der Waals surface area contributed by atoms with Gasteiger partial charge in [0.25, 0.3) is 5.24 Å². The number of amides is 1. The first-order valence-corrected chi connectivity index (χ1v) is 5.93. The molecule has 1 aliphatic heterocycles. The number of rotatable bonds is 1. The second-order valence-corrected chi connectivity index (χ2v) is 5.11. The van der Waals surface area contributed by atoms with Crippen molar-refractivity contribution < 1.29 is 4.79 Å². The molecule has 0 bridgehead atoms. The average molecular weight is 256 g/mol. The second kappa shape index (κ2) is 4.35. The number of benzene rings is 1. The summed E-state index contributed by atoms with van der Waals surface area (Å²) in [5.41, 5.74) is 10.3.